The second-order valence-corrected chi connectivity index (χ2v) is 5.57. The van der Waals surface area contributed by atoms with Gasteiger partial charge in [-0.05, 0) is 31.9 Å². The van der Waals surface area contributed by atoms with Crippen LogP contribution in [0.15, 0.2) is 24.4 Å². The normalized spacial score (nSPS) is 20.4. The van der Waals surface area contributed by atoms with Crippen LogP contribution in [-0.2, 0) is 4.79 Å². The van der Waals surface area contributed by atoms with Crippen molar-refractivity contribution in [2.24, 2.45) is 5.73 Å². The van der Waals surface area contributed by atoms with Crippen LogP contribution in [0.1, 0.15) is 38.4 Å². The van der Waals surface area contributed by atoms with E-state index in [-0.39, 0.29) is 18.0 Å². The Morgan fingerprint density at radius 1 is 1.45 bits per heavy atom. The summed E-state index contributed by atoms with van der Waals surface area (Å²) in [5.74, 6) is 0.0527. The lowest BCUT2D eigenvalue weighted by Gasteiger charge is -2.39. The maximum absolute atomic E-state index is 11.1. The number of piperidine rings is 1. The topological polar surface area (TPSA) is 71.2 Å². The lowest BCUT2D eigenvalue weighted by atomic mass is 9.98. The number of carbonyl (C=O) groups is 1. The highest BCUT2D eigenvalue weighted by molar-refractivity contribution is 5.73. The first-order valence-corrected chi connectivity index (χ1v) is 7.25. The van der Waals surface area contributed by atoms with Gasteiger partial charge in [-0.3, -0.25) is 14.7 Å². The summed E-state index contributed by atoms with van der Waals surface area (Å²) in [4.78, 5) is 17.9. The number of carbonyl (C=O) groups excluding carboxylic acids is 1. The number of nitrogens with one attached hydrogen (secondary N) is 1. The summed E-state index contributed by atoms with van der Waals surface area (Å²) in [7, 11) is 0. The molecular formula is C15H24N4O. The molecule has 110 valence electrons. The number of likely N-dealkylation sites (tertiary alicyclic amines) is 1. The molecule has 20 heavy (non-hydrogen) atoms. The van der Waals surface area contributed by atoms with E-state index in [0.29, 0.717) is 6.04 Å². The highest BCUT2D eigenvalue weighted by atomic mass is 16.1. The summed E-state index contributed by atoms with van der Waals surface area (Å²) in [5.41, 5.74) is 7.19. The first kappa shape index (κ1) is 14.9. The summed E-state index contributed by atoms with van der Waals surface area (Å²) in [6, 6.07) is 6.43. The average Bonchev–Trinajstić information content (AvgIpc) is 2.41. The van der Waals surface area contributed by atoms with Crippen LogP contribution < -0.4 is 11.1 Å². The van der Waals surface area contributed by atoms with Gasteiger partial charge in [0.25, 0.3) is 0 Å². The van der Waals surface area contributed by atoms with E-state index in [9.17, 15) is 4.79 Å². The number of nitrogens with zero attached hydrogens (tertiary/aromatic N) is 2. The molecule has 1 amide bonds. The smallest absolute Gasteiger partial charge is 0.217 e. The van der Waals surface area contributed by atoms with Gasteiger partial charge in [-0.15, -0.1) is 0 Å². The van der Waals surface area contributed by atoms with E-state index >= 15 is 0 Å². The zero-order valence-corrected chi connectivity index (χ0v) is 12.2. The predicted octanol–water partition coefficient (Wildman–Crippen LogP) is 1.07. The predicted molar refractivity (Wildman–Crippen MR) is 79.0 cm³/mol. The first-order chi connectivity index (χ1) is 9.58. The minimum Gasteiger partial charge on any atom is -0.354 e. The van der Waals surface area contributed by atoms with Crippen molar-refractivity contribution in [2.75, 3.05) is 13.1 Å². The van der Waals surface area contributed by atoms with Gasteiger partial charge in [-0.2, -0.15) is 0 Å². The number of hydrogen-bond acceptors (Lipinski definition) is 4. The second kappa shape index (κ2) is 6.81. The van der Waals surface area contributed by atoms with Crippen LogP contribution in [0.4, 0.5) is 0 Å². The maximum atomic E-state index is 11.1. The van der Waals surface area contributed by atoms with Crippen LogP contribution in [0.25, 0.3) is 0 Å². The monoisotopic (exact) mass is 276 g/mol. The van der Waals surface area contributed by atoms with E-state index in [0.717, 1.165) is 31.6 Å². The van der Waals surface area contributed by atoms with Crippen molar-refractivity contribution in [1.29, 1.82) is 0 Å². The van der Waals surface area contributed by atoms with Crippen LogP contribution in [0, 0.1) is 0 Å². The molecule has 2 atom stereocenters. The summed E-state index contributed by atoms with van der Waals surface area (Å²) in [5, 5.41) is 3.00. The molecule has 1 fully saturated rings. The molecule has 1 aliphatic heterocycles. The number of amides is 1. The third-order valence-electron chi connectivity index (χ3n) is 3.82. The number of rotatable bonds is 4. The Morgan fingerprint density at radius 3 is 2.65 bits per heavy atom. The van der Waals surface area contributed by atoms with Gasteiger partial charge in [0, 0.05) is 38.3 Å². The average molecular weight is 276 g/mol. The lowest BCUT2D eigenvalue weighted by molar-refractivity contribution is -0.120. The zero-order valence-electron chi connectivity index (χ0n) is 12.2. The van der Waals surface area contributed by atoms with Crippen molar-refractivity contribution in [3.8, 4) is 0 Å². The molecular weight excluding hydrogens is 252 g/mol. The molecule has 0 bridgehead atoms. The zero-order chi connectivity index (χ0) is 14.5. The van der Waals surface area contributed by atoms with Crippen molar-refractivity contribution >= 4 is 5.91 Å². The fraction of sp³-hybridized carbons (Fsp3) is 0.600. The van der Waals surface area contributed by atoms with Gasteiger partial charge in [0.05, 0.1) is 11.7 Å². The van der Waals surface area contributed by atoms with Gasteiger partial charge in [0.15, 0.2) is 0 Å². The molecule has 0 saturated carbocycles. The standard InChI is InChI=1S/C15H24N4O/c1-11(16)15(14-5-3-4-8-17-14)19-9-6-13(7-10-19)18-12(2)20/h3-5,8,11,13,15H,6-7,9-10,16H2,1-2H3,(H,18,20). The quantitative estimate of drug-likeness (QED) is 0.863. The Bertz CT molecular complexity index is 427. The fourth-order valence-corrected chi connectivity index (χ4v) is 2.95. The molecule has 2 heterocycles. The van der Waals surface area contributed by atoms with E-state index in [1.165, 1.54) is 0 Å². The second-order valence-electron chi connectivity index (χ2n) is 5.57. The Kier molecular flexibility index (Phi) is 5.09. The third kappa shape index (κ3) is 3.77. The highest BCUT2D eigenvalue weighted by Gasteiger charge is 2.29. The Balaban J connectivity index is 2.01. The van der Waals surface area contributed by atoms with Crippen LogP contribution in [-0.4, -0.2) is 41.0 Å². The van der Waals surface area contributed by atoms with Crippen molar-refractivity contribution in [3.05, 3.63) is 30.1 Å². The molecule has 5 heteroatoms. The molecule has 3 N–H and O–H groups in total. The minimum atomic E-state index is 0.0298. The van der Waals surface area contributed by atoms with E-state index in [2.05, 4.69) is 15.2 Å². The SMILES string of the molecule is CC(=O)NC1CCN(C(c2ccccn2)C(C)N)CC1. The maximum Gasteiger partial charge on any atom is 0.217 e. The molecule has 0 aliphatic carbocycles. The first-order valence-electron chi connectivity index (χ1n) is 7.25. The van der Waals surface area contributed by atoms with Gasteiger partial charge in [0.1, 0.15) is 0 Å². The van der Waals surface area contributed by atoms with Crippen molar-refractivity contribution in [1.82, 2.24) is 15.2 Å². The molecule has 1 aromatic heterocycles. The number of nitrogens with two attached hydrogens (primary N) is 1. The largest absolute Gasteiger partial charge is 0.354 e. The van der Waals surface area contributed by atoms with Crippen molar-refractivity contribution < 1.29 is 4.79 Å². The fourth-order valence-electron chi connectivity index (χ4n) is 2.95. The number of aromatic nitrogens is 1. The molecule has 5 nitrogen and oxygen atoms in total. The molecule has 1 aliphatic rings. The highest BCUT2D eigenvalue weighted by Crippen LogP contribution is 2.25. The molecule has 1 saturated heterocycles. The summed E-state index contributed by atoms with van der Waals surface area (Å²) >= 11 is 0. The van der Waals surface area contributed by atoms with E-state index in [1.54, 1.807) is 6.92 Å². The molecule has 0 aromatic carbocycles. The molecule has 2 unspecified atom stereocenters. The minimum absolute atomic E-state index is 0.0298. The molecule has 0 spiro atoms. The molecule has 0 radical (unpaired) electrons. The lowest BCUT2D eigenvalue weighted by Crippen LogP contribution is -2.48. The van der Waals surface area contributed by atoms with Crippen molar-refractivity contribution in [3.63, 3.8) is 0 Å². The number of hydrogen-bond donors (Lipinski definition) is 2. The van der Waals surface area contributed by atoms with E-state index in [1.807, 2.05) is 31.3 Å². The van der Waals surface area contributed by atoms with Gasteiger partial charge in [-0.1, -0.05) is 6.07 Å². The van der Waals surface area contributed by atoms with Crippen LogP contribution in [0.3, 0.4) is 0 Å². The van der Waals surface area contributed by atoms with Crippen molar-refractivity contribution in [2.45, 2.75) is 44.8 Å². The van der Waals surface area contributed by atoms with E-state index < -0.39 is 0 Å². The number of pyridine rings is 1. The molecule has 2 rings (SSSR count). The van der Waals surface area contributed by atoms with Gasteiger partial charge < -0.3 is 11.1 Å². The third-order valence-corrected chi connectivity index (χ3v) is 3.82. The van der Waals surface area contributed by atoms with Crippen LogP contribution in [0.2, 0.25) is 0 Å². The van der Waals surface area contributed by atoms with Gasteiger partial charge in [-0.25, -0.2) is 0 Å². The summed E-state index contributed by atoms with van der Waals surface area (Å²) in [6.45, 7) is 5.48. The summed E-state index contributed by atoms with van der Waals surface area (Å²) < 4.78 is 0. The Morgan fingerprint density at radius 2 is 2.15 bits per heavy atom. The van der Waals surface area contributed by atoms with E-state index in [4.69, 9.17) is 5.73 Å². The van der Waals surface area contributed by atoms with Crippen LogP contribution in [0.5, 0.6) is 0 Å². The molecule has 1 aromatic rings. The van der Waals surface area contributed by atoms with Crippen LogP contribution >= 0.6 is 0 Å². The van der Waals surface area contributed by atoms with Gasteiger partial charge >= 0.3 is 0 Å². The Labute approximate surface area is 120 Å². The summed E-state index contributed by atoms with van der Waals surface area (Å²) in [6.07, 6.45) is 3.75. The Hall–Kier alpha value is -1.46. The van der Waals surface area contributed by atoms with Gasteiger partial charge in [0.2, 0.25) is 5.91 Å².